The molecule has 0 aliphatic carbocycles. The fourth-order valence-corrected chi connectivity index (χ4v) is 2.82. The van der Waals surface area contributed by atoms with Crippen molar-refractivity contribution in [3.8, 4) is 0 Å². The summed E-state index contributed by atoms with van der Waals surface area (Å²) >= 11 is 0. The van der Waals surface area contributed by atoms with E-state index in [1.165, 1.54) is 23.1 Å². The van der Waals surface area contributed by atoms with Crippen LogP contribution in [0.2, 0.25) is 0 Å². The van der Waals surface area contributed by atoms with Crippen molar-refractivity contribution < 1.29 is 13.6 Å². The van der Waals surface area contributed by atoms with Crippen LogP contribution < -0.4 is 9.80 Å². The predicted molar refractivity (Wildman–Crippen MR) is 86.8 cm³/mol. The number of amides is 1. The van der Waals surface area contributed by atoms with Gasteiger partial charge in [-0.3, -0.25) is 9.69 Å². The van der Waals surface area contributed by atoms with Crippen molar-refractivity contribution >= 4 is 17.3 Å². The lowest BCUT2D eigenvalue weighted by atomic mass is 10.1. The van der Waals surface area contributed by atoms with E-state index in [1.54, 1.807) is 18.2 Å². The summed E-state index contributed by atoms with van der Waals surface area (Å²) in [5, 5.41) is 0. The third-order valence-electron chi connectivity index (χ3n) is 4.05. The quantitative estimate of drug-likeness (QED) is 0.832. The minimum atomic E-state index is -0.479. The second kappa shape index (κ2) is 5.65. The first-order chi connectivity index (χ1) is 10.9. The molecular weight excluding hydrogens is 298 g/mol. The number of aryl methyl sites for hydroxylation is 1. The molecule has 5 heteroatoms. The Morgan fingerprint density at radius 1 is 1.04 bits per heavy atom. The highest BCUT2D eigenvalue weighted by Crippen LogP contribution is 2.33. The van der Waals surface area contributed by atoms with Crippen molar-refractivity contribution in [2.45, 2.75) is 26.8 Å². The van der Waals surface area contributed by atoms with Crippen LogP contribution in [0.15, 0.2) is 36.4 Å². The third kappa shape index (κ3) is 2.67. The summed E-state index contributed by atoms with van der Waals surface area (Å²) in [6.07, 6.45) is 0. The molecule has 0 saturated carbocycles. The van der Waals surface area contributed by atoms with Crippen LogP contribution in [0.5, 0.6) is 0 Å². The van der Waals surface area contributed by atoms with Crippen LogP contribution in [-0.2, 0) is 0 Å². The molecule has 1 heterocycles. The fourth-order valence-electron chi connectivity index (χ4n) is 2.82. The van der Waals surface area contributed by atoms with Crippen LogP contribution in [0, 0.1) is 18.6 Å². The normalized spacial score (nSPS) is 14.4. The van der Waals surface area contributed by atoms with E-state index in [1.807, 2.05) is 25.7 Å². The molecule has 2 aromatic rings. The van der Waals surface area contributed by atoms with E-state index in [0.717, 1.165) is 5.56 Å². The molecule has 0 atom stereocenters. The Morgan fingerprint density at radius 3 is 2.48 bits per heavy atom. The number of fused-ring (bicyclic) bond motifs is 1. The first-order valence-corrected chi connectivity index (χ1v) is 7.52. The van der Waals surface area contributed by atoms with Crippen molar-refractivity contribution in [2.24, 2.45) is 0 Å². The Kier molecular flexibility index (Phi) is 3.80. The van der Waals surface area contributed by atoms with Gasteiger partial charge in [-0.15, -0.1) is 0 Å². The molecular formula is C18H18F2N2O. The molecule has 1 aliphatic rings. The number of carbonyl (C=O) groups is 1. The van der Waals surface area contributed by atoms with Crippen LogP contribution in [0.25, 0.3) is 0 Å². The van der Waals surface area contributed by atoms with E-state index in [9.17, 15) is 13.6 Å². The van der Waals surface area contributed by atoms with Gasteiger partial charge in [0.15, 0.2) is 0 Å². The third-order valence-corrected chi connectivity index (χ3v) is 4.05. The molecule has 3 nitrogen and oxygen atoms in total. The van der Waals surface area contributed by atoms with Gasteiger partial charge >= 0.3 is 0 Å². The molecule has 0 fully saturated rings. The van der Waals surface area contributed by atoms with Gasteiger partial charge in [-0.2, -0.15) is 0 Å². The summed E-state index contributed by atoms with van der Waals surface area (Å²) in [6.45, 7) is 6.03. The zero-order valence-electron chi connectivity index (χ0n) is 13.3. The van der Waals surface area contributed by atoms with Gasteiger partial charge in [0.2, 0.25) is 0 Å². The molecule has 0 saturated heterocycles. The average molecular weight is 316 g/mol. The minimum Gasteiger partial charge on any atom is -0.350 e. The number of benzene rings is 2. The van der Waals surface area contributed by atoms with E-state index >= 15 is 0 Å². The summed E-state index contributed by atoms with van der Waals surface area (Å²) in [7, 11) is 0. The molecule has 0 aromatic heterocycles. The predicted octanol–water partition coefficient (Wildman–Crippen LogP) is 4.11. The maximum atomic E-state index is 14.2. The largest absolute Gasteiger partial charge is 0.350 e. The standard InChI is InChI=1S/C18H18F2N2O/c1-11(2)21-10-22(17-8-12(3)4-6-15(17)20)18(23)14-9-13(19)5-7-16(14)21/h4-9,11H,10H2,1-3H3. The molecule has 3 rings (SSSR count). The zero-order valence-corrected chi connectivity index (χ0v) is 13.3. The van der Waals surface area contributed by atoms with Crippen molar-refractivity contribution in [2.75, 3.05) is 16.5 Å². The van der Waals surface area contributed by atoms with E-state index in [4.69, 9.17) is 0 Å². The van der Waals surface area contributed by atoms with Gasteiger partial charge in [-0.05, 0) is 56.7 Å². The zero-order chi connectivity index (χ0) is 16.7. The topological polar surface area (TPSA) is 23.6 Å². The molecule has 0 N–H and O–H groups in total. The van der Waals surface area contributed by atoms with Gasteiger partial charge < -0.3 is 4.90 Å². The molecule has 1 aliphatic heterocycles. The van der Waals surface area contributed by atoms with Crippen LogP contribution in [-0.4, -0.2) is 18.6 Å². The van der Waals surface area contributed by atoms with Crippen molar-refractivity contribution in [3.05, 3.63) is 59.2 Å². The first-order valence-electron chi connectivity index (χ1n) is 7.52. The lowest BCUT2D eigenvalue weighted by Crippen LogP contribution is -2.50. The number of carbonyl (C=O) groups excluding carboxylic acids is 1. The Balaban J connectivity index is 2.14. The van der Waals surface area contributed by atoms with E-state index in [0.29, 0.717) is 5.69 Å². The lowest BCUT2D eigenvalue weighted by molar-refractivity contribution is 0.0980. The van der Waals surface area contributed by atoms with E-state index in [-0.39, 0.29) is 29.9 Å². The molecule has 2 aromatic carbocycles. The summed E-state index contributed by atoms with van der Waals surface area (Å²) in [5.41, 5.74) is 2.01. The maximum Gasteiger partial charge on any atom is 0.262 e. The molecule has 0 spiro atoms. The maximum absolute atomic E-state index is 14.2. The smallest absolute Gasteiger partial charge is 0.262 e. The highest BCUT2D eigenvalue weighted by atomic mass is 19.1. The second-order valence-electron chi connectivity index (χ2n) is 6.05. The van der Waals surface area contributed by atoms with Gasteiger partial charge in [0.1, 0.15) is 11.6 Å². The lowest BCUT2D eigenvalue weighted by Gasteiger charge is -2.40. The number of hydrogen-bond acceptors (Lipinski definition) is 2. The molecule has 0 bridgehead atoms. The Morgan fingerprint density at radius 2 is 1.78 bits per heavy atom. The van der Waals surface area contributed by atoms with Gasteiger partial charge in [-0.25, -0.2) is 8.78 Å². The van der Waals surface area contributed by atoms with Crippen molar-refractivity contribution in [3.63, 3.8) is 0 Å². The molecule has 0 radical (unpaired) electrons. The summed E-state index contributed by atoms with van der Waals surface area (Å²) in [4.78, 5) is 16.1. The Bertz CT molecular complexity index is 774. The summed E-state index contributed by atoms with van der Waals surface area (Å²) < 4.78 is 27.8. The molecule has 23 heavy (non-hydrogen) atoms. The van der Waals surface area contributed by atoms with E-state index < -0.39 is 11.6 Å². The highest BCUT2D eigenvalue weighted by molar-refractivity contribution is 6.11. The SMILES string of the molecule is Cc1ccc(F)c(N2CN(C(C)C)c3ccc(F)cc3C2=O)c1. The molecule has 1 amide bonds. The van der Waals surface area contributed by atoms with Gasteiger partial charge in [-0.1, -0.05) is 6.07 Å². The number of hydrogen-bond donors (Lipinski definition) is 0. The van der Waals surface area contributed by atoms with Crippen LogP contribution in [0.3, 0.4) is 0 Å². The summed E-state index contributed by atoms with van der Waals surface area (Å²) in [5.74, 6) is -1.33. The number of anilines is 2. The summed E-state index contributed by atoms with van der Waals surface area (Å²) in [6, 6.07) is 8.88. The fraction of sp³-hybridized carbons (Fsp3) is 0.278. The monoisotopic (exact) mass is 316 g/mol. The van der Waals surface area contributed by atoms with Gasteiger partial charge in [0.25, 0.3) is 5.91 Å². The first kappa shape index (κ1) is 15.5. The average Bonchev–Trinajstić information content (AvgIpc) is 2.50. The number of halogens is 2. The second-order valence-corrected chi connectivity index (χ2v) is 6.05. The van der Waals surface area contributed by atoms with Crippen LogP contribution >= 0.6 is 0 Å². The van der Waals surface area contributed by atoms with Gasteiger partial charge in [0, 0.05) is 6.04 Å². The van der Waals surface area contributed by atoms with Gasteiger partial charge in [0.05, 0.1) is 23.6 Å². The molecule has 0 unspecified atom stereocenters. The molecule has 120 valence electrons. The van der Waals surface area contributed by atoms with Crippen LogP contribution in [0.1, 0.15) is 29.8 Å². The van der Waals surface area contributed by atoms with Crippen LogP contribution in [0.4, 0.5) is 20.2 Å². The van der Waals surface area contributed by atoms with Crippen molar-refractivity contribution in [1.29, 1.82) is 0 Å². The number of rotatable bonds is 2. The minimum absolute atomic E-state index is 0.0858. The highest BCUT2D eigenvalue weighted by Gasteiger charge is 2.33. The number of nitrogens with zero attached hydrogens (tertiary/aromatic N) is 2. The van der Waals surface area contributed by atoms with Crippen molar-refractivity contribution in [1.82, 2.24) is 0 Å². The Hall–Kier alpha value is -2.43. The Labute approximate surface area is 134 Å². The van der Waals surface area contributed by atoms with E-state index in [2.05, 4.69) is 0 Å².